The van der Waals surface area contributed by atoms with E-state index in [1.807, 2.05) is 6.08 Å². The lowest BCUT2D eigenvalue weighted by Crippen LogP contribution is -2.72. The van der Waals surface area contributed by atoms with Crippen molar-refractivity contribution in [2.24, 2.45) is 11.8 Å². The van der Waals surface area contributed by atoms with Gasteiger partial charge in [0.05, 0.1) is 12.2 Å². The highest BCUT2D eigenvalue weighted by atomic mass is 16.9. The molecule has 2 saturated carbocycles. The predicted molar refractivity (Wildman–Crippen MR) is 95.3 cm³/mol. The number of rotatable bonds is 4. The monoisotopic (exact) mass is 370 g/mol. The summed E-state index contributed by atoms with van der Waals surface area (Å²) in [7, 11) is 0. The van der Waals surface area contributed by atoms with Crippen LogP contribution >= 0.6 is 0 Å². The maximum Gasteiger partial charge on any atom is 0.374 e. The molecule has 1 aromatic rings. The zero-order chi connectivity index (χ0) is 18.8. The second-order valence-corrected chi connectivity index (χ2v) is 7.93. The smallest absolute Gasteiger partial charge is 0.374 e. The van der Waals surface area contributed by atoms with Gasteiger partial charge in [-0.25, -0.2) is 0 Å². The summed E-state index contributed by atoms with van der Waals surface area (Å²) in [5.74, 6) is 0.512. The van der Waals surface area contributed by atoms with E-state index in [9.17, 15) is 14.7 Å². The van der Waals surface area contributed by atoms with E-state index in [1.54, 1.807) is 18.2 Å². The first-order valence-electron chi connectivity index (χ1n) is 9.43. The van der Waals surface area contributed by atoms with Gasteiger partial charge in [-0.2, -0.15) is 0 Å². The summed E-state index contributed by atoms with van der Waals surface area (Å²) < 4.78 is 11.0. The number of nitrogens with one attached hydrogen (secondary N) is 1. The van der Waals surface area contributed by atoms with Crippen LogP contribution in [0.2, 0.25) is 0 Å². The van der Waals surface area contributed by atoms with Gasteiger partial charge in [-0.1, -0.05) is 6.08 Å². The molecule has 1 aromatic carbocycles. The molecule has 4 aliphatic rings. The van der Waals surface area contributed by atoms with E-state index >= 15 is 0 Å². The molecule has 1 saturated heterocycles. The quantitative estimate of drug-likeness (QED) is 0.544. The van der Waals surface area contributed by atoms with Crippen LogP contribution in [0, 0.1) is 11.8 Å². The van der Waals surface area contributed by atoms with Gasteiger partial charge < -0.3 is 20.3 Å². The lowest BCUT2D eigenvalue weighted by atomic mass is 9.55. The van der Waals surface area contributed by atoms with E-state index in [4.69, 9.17) is 15.2 Å². The van der Waals surface area contributed by atoms with E-state index in [1.165, 1.54) is 0 Å². The van der Waals surface area contributed by atoms with Gasteiger partial charge in [-0.05, 0) is 60.9 Å². The Balaban J connectivity index is 1.18. The number of nitrogens with two attached hydrogens (primary N) is 1. The molecule has 2 unspecified atom stereocenters. The van der Waals surface area contributed by atoms with Crippen molar-refractivity contribution in [2.45, 2.75) is 50.4 Å². The third kappa shape index (κ3) is 2.77. The van der Waals surface area contributed by atoms with E-state index in [0.717, 1.165) is 18.4 Å². The maximum atomic E-state index is 12.6. The van der Waals surface area contributed by atoms with Crippen molar-refractivity contribution < 1.29 is 24.2 Å². The molecule has 1 heterocycles. The molecule has 0 aromatic heterocycles. The molecule has 7 nitrogen and oxygen atoms in total. The van der Waals surface area contributed by atoms with Crippen LogP contribution in [-0.2, 0) is 20.7 Å². The number of Topliss-reactive ketones (excluding diaryl/α,β-unsaturated/α-hetero) is 1. The van der Waals surface area contributed by atoms with Crippen molar-refractivity contribution in [3.8, 4) is 0 Å². The zero-order valence-corrected chi connectivity index (χ0v) is 14.8. The molecule has 27 heavy (non-hydrogen) atoms. The lowest BCUT2D eigenvalue weighted by molar-refractivity contribution is -0.481. The van der Waals surface area contributed by atoms with Crippen LogP contribution in [0.5, 0.6) is 0 Å². The number of ketones is 1. The molecule has 1 amide bonds. The van der Waals surface area contributed by atoms with Crippen LogP contribution in [0.25, 0.3) is 0 Å². The van der Waals surface area contributed by atoms with Crippen LogP contribution in [0.15, 0.2) is 29.8 Å². The van der Waals surface area contributed by atoms with E-state index < -0.39 is 12.0 Å². The van der Waals surface area contributed by atoms with Gasteiger partial charge >= 0.3 is 6.10 Å². The molecule has 142 valence electrons. The first-order valence-corrected chi connectivity index (χ1v) is 9.43. The van der Waals surface area contributed by atoms with Gasteiger partial charge in [0.2, 0.25) is 5.91 Å². The van der Waals surface area contributed by atoms with Crippen LogP contribution in [0.4, 0.5) is 5.69 Å². The number of carbonyl (C=O) groups excluding carboxylic acids is 2. The molecule has 3 aliphatic carbocycles. The van der Waals surface area contributed by atoms with E-state index in [-0.39, 0.29) is 24.4 Å². The first-order chi connectivity index (χ1) is 12.9. The number of carbonyl (C=O) groups is 2. The highest BCUT2D eigenvalue weighted by molar-refractivity contribution is 6.11. The van der Waals surface area contributed by atoms with Gasteiger partial charge in [-0.15, -0.1) is 0 Å². The Kier molecular flexibility index (Phi) is 3.69. The minimum atomic E-state index is -2.05. The van der Waals surface area contributed by atoms with Crippen LogP contribution in [0.3, 0.4) is 0 Å². The molecule has 5 rings (SSSR count). The molecule has 1 aliphatic heterocycles. The fraction of sp³-hybridized carbons (Fsp3) is 0.500. The lowest BCUT2D eigenvalue weighted by Gasteiger charge is -2.62. The third-order valence-electron chi connectivity index (χ3n) is 6.25. The molecule has 7 heteroatoms. The number of nitrogen functional groups attached to an aromatic ring is 1. The molecule has 0 radical (unpaired) electrons. The number of amides is 1. The van der Waals surface area contributed by atoms with E-state index in [0.29, 0.717) is 41.5 Å². The fourth-order valence-corrected chi connectivity index (χ4v) is 4.73. The number of fused-ring (bicyclic) bond motifs is 1. The van der Waals surface area contributed by atoms with Gasteiger partial charge in [0.15, 0.2) is 5.78 Å². The first kappa shape index (κ1) is 16.9. The number of allylic oxidation sites excluding steroid dienone is 2. The summed E-state index contributed by atoms with van der Waals surface area (Å²) in [4.78, 5) is 24.9. The summed E-state index contributed by atoms with van der Waals surface area (Å²) in [6, 6.07) is 5.24. The Hall–Kier alpha value is -2.22. The number of ether oxygens (including phenoxy) is 2. The molecule has 2 atom stereocenters. The molecule has 0 spiro atoms. The summed E-state index contributed by atoms with van der Waals surface area (Å²) in [5.41, 5.74) is 8.53. The van der Waals surface area contributed by atoms with Crippen LogP contribution < -0.4 is 11.1 Å². The number of hydrogen-bond acceptors (Lipinski definition) is 6. The van der Waals surface area contributed by atoms with Crippen molar-refractivity contribution in [3.63, 3.8) is 0 Å². The predicted octanol–water partition coefficient (Wildman–Crippen LogP) is 1.26. The highest BCUT2D eigenvalue weighted by Gasteiger charge is 2.63. The minimum absolute atomic E-state index is 0.0423. The second kappa shape index (κ2) is 5.89. The van der Waals surface area contributed by atoms with Crippen molar-refractivity contribution >= 4 is 17.4 Å². The normalized spacial score (nSPS) is 35.9. The molecule has 4 N–H and O–H groups in total. The van der Waals surface area contributed by atoms with Crippen molar-refractivity contribution in [2.75, 3.05) is 5.73 Å². The Labute approximate surface area is 156 Å². The number of anilines is 1. The maximum absolute atomic E-state index is 12.6. The highest BCUT2D eigenvalue weighted by Crippen LogP contribution is 2.57. The van der Waals surface area contributed by atoms with Gasteiger partial charge in [0.1, 0.15) is 0 Å². The van der Waals surface area contributed by atoms with Gasteiger partial charge in [-0.3, -0.25) is 14.9 Å². The summed E-state index contributed by atoms with van der Waals surface area (Å²) >= 11 is 0. The number of hydrogen-bond donors (Lipinski definition) is 3. The summed E-state index contributed by atoms with van der Waals surface area (Å²) in [6.45, 7) is 0. The van der Waals surface area contributed by atoms with Crippen molar-refractivity contribution in [3.05, 3.63) is 41.0 Å². The second-order valence-electron chi connectivity index (χ2n) is 7.93. The number of aliphatic hydroxyl groups is 1. The molecular formula is C20H22N2O5. The number of benzene rings is 1. The fourth-order valence-electron chi connectivity index (χ4n) is 4.73. The Morgan fingerprint density at radius 2 is 2.04 bits per heavy atom. The Morgan fingerprint density at radius 3 is 2.74 bits per heavy atom. The third-order valence-corrected chi connectivity index (χ3v) is 6.25. The topological polar surface area (TPSA) is 111 Å². The molecule has 3 fully saturated rings. The average Bonchev–Trinajstić information content (AvgIpc) is 2.57. The molecular weight excluding hydrogens is 348 g/mol. The molecule has 0 bridgehead atoms. The summed E-state index contributed by atoms with van der Waals surface area (Å²) in [5, 5.41) is 12.9. The van der Waals surface area contributed by atoms with E-state index in [2.05, 4.69) is 5.32 Å². The standard InChI is InChI=1S/C20H22N2O5/c21-13-4-5-14-11(7-13)2-1-10(19(14)24)3-6-17(23)22-20(25)26-15-8-12-9-16(27-20)18(12)15/h1,4-5,7,12,15-16,18,25H,2-3,6,8-9,21H2,(H,22,23). The van der Waals surface area contributed by atoms with Crippen LogP contribution in [0.1, 0.15) is 41.6 Å². The van der Waals surface area contributed by atoms with Gasteiger partial charge in [0, 0.05) is 23.6 Å². The van der Waals surface area contributed by atoms with Crippen molar-refractivity contribution in [1.82, 2.24) is 5.32 Å². The van der Waals surface area contributed by atoms with Gasteiger partial charge in [0.25, 0.3) is 0 Å². The van der Waals surface area contributed by atoms with Crippen LogP contribution in [-0.4, -0.2) is 35.1 Å². The summed E-state index contributed by atoms with van der Waals surface area (Å²) in [6.07, 6.45) is 2.50. The largest absolute Gasteiger partial charge is 0.399 e. The zero-order valence-electron chi connectivity index (χ0n) is 14.8. The average molecular weight is 370 g/mol. The Bertz CT molecular complexity index is 848. The Morgan fingerprint density at radius 1 is 1.30 bits per heavy atom. The van der Waals surface area contributed by atoms with Crippen molar-refractivity contribution in [1.29, 1.82) is 0 Å². The SMILES string of the molecule is Nc1ccc2c(c1)CC=C(CCC(=O)NC1(O)OC3CC4CC(O1)C43)C2=O. The minimum Gasteiger partial charge on any atom is -0.399 e.